The summed E-state index contributed by atoms with van der Waals surface area (Å²) >= 11 is 6.31. The molecule has 0 fully saturated rings. The van der Waals surface area contributed by atoms with E-state index in [0.717, 1.165) is 12.1 Å². The lowest BCUT2D eigenvalue weighted by atomic mass is 9.99. The molecule has 1 aliphatic rings. The number of esters is 1. The molecule has 0 atom stereocenters. The number of rotatable bonds is 3. The number of benzene rings is 2. The van der Waals surface area contributed by atoms with Crippen molar-refractivity contribution in [2.75, 3.05) is 6.54 Å². The lowest BCUT2D eigenvalue weighted by Gasteiger charge is -2.19. The lowest BCUT2D eigenvalue weighted by Crippen LogP contribution is -2.30. The molecule has 0 unspecified atom stereocenters. The molecule has 0 aromatic heterocycles. The number of para-hydroxylation sites is 1. The number of nitrogens with zero attached hydrogens (tertiary/aromatic N) is 3. The molecule has 1 aliphatic heterocycles. The van der Waals surface area contributed by atoms with Crippen LogP contribution in [0.3, 0.4) is 0 Å². The summed E-state index contributed by atoms with van der Waals surface area (Å²) in [6.07, 6.45) is 0. The Morgan fingerprint density at radius 1 is 1.16 bits per heavy atom. The number of nitrogens with one attached hydrogen (secondary N) is 1. The molecule has 0 saturated carbocycles. The number of carbonyl (C=O) groups is 1. The Hall–Kier alpha value is -3.13. The monoisotopic (exact) mass is 446 g/mol. The molecular weight excluding hydrogens is 426 g/mol. The van der Waals surface area contributed by atoms with Crippen LogP contribution in [-0.2, 0) is 9.53 Å². The maximum atomic E-state index is 14.5. The predicted octanol–water partition coefficient (Wildman–Crippen LogP) is 4.81. The van der Waals surface area contributed by atoms with Gasteiger partial charge in [0.2, 0.25) is 0 Å². The molecule has 6 nitrogen and oxygen atoms in total. The van der Waals surface area contributed by atoms with Gasteiger partial charge in [-0.2, -0.15) is 5.10 Å². The van der Waals surface area contributed by atoms with Crippen LogP contribution in [0.25, 0.3) is 0 Å². The number of halogens is 3. The van der Waals surface area contributed by atoms with Gasteiger partial charge in [-0.15, -0.1) is 0 Å². The topological polar surface area (TPSA) is 75.4 Å². The zero-order valence-electron chi connectivity index (χ0n) is 17.5. The van der Waals surface area contributed by atoms with Crippen LogP contribution in [0.5, 0.6) is 0 Å². The first kappa shape index (κ1) is 22.6. The fourth-order valence-corrected chi connectivity index (χ4v) is 2.99. The zero-order chi connectivity index (χ0) is 22.8. The van der Waals surface area contributed by atoms with E-state index in [2.05, 4.69) is 20.5 Å². The lowest BCUT2D eigenvalue weighted by molar-refractivity contribution is -0.146. The molecule has 0 aliphatic carbocycles. The third-order valence-corrected chi connectivity index (χ3v) is 4.43. The van der Waals surface area contributed by atoms with Crippen molar-refractivity contribution < 1.29 is 18.3 Å². The second kappa shape index (κ2) is 8.93. The van der Waals surface area contributed by atoms with Gasteiger partial charge in [0.05, 0.1) is 28.5 Å². The molecule has 2 aromatic carbocycles. The van der Waals surface area contributed by atoms with Gasteiger partial charge in [-0.25, -0.2) is 18.6 Å². The number of carbonyl (C=O) groups excluding carboxylic acids is 1. The summed E-state index contributed by atoms with van der Waals surface area (Å²) in [4.78, 5) is 20.9. The van der Waals surface area contributed by atoms with Crippen LogP contribution in [0.15, 0.2) is 51.5 Å². The average Bonchev–Trinajstić information content (AvgIpc) is 2.85. The number of ether oxygens (including phenoxy) is 1. The van der Waals surface area contributed by atoms with Crippen LogP contribution in [0, 0.1) is 11.6 Å². The van der Waals surface area contributed by atoms with E-state index in [9.17, 15) is 13.6 Å². The zero-order valence-corrected chi connectivity index (χ0v) is 18.2. The minimum Gasteiger partial charge on any atom is -0.455 e. The van der Waals surface area contributed by atoms with Gasteiger partial charge >= 0.3 is 5.97 Å². The molecular formula is C22H21ClF2N4O2. The molecule has 0 bridgehead atoms. The number of hydrogen-bond acceptors (Lipinski definition) is 6. The fraction of sp³-hybridized carbons (Fsp3) is 0.273. The molecule has 1 heterocycles. The molecule has 0 spiro atoms. The highest BCUT2D eigenvalue weighted by Gasteiger charge is 2.23. The van der Waals surface area contributed by atoms with Crippen LogP contribution < -0.4 is 5.43 Å². The molecule has 0 amide bonds. The SMILES string of the molecule is CC(=NNC1=Nc2c(Cl)cccc2C(c2c(F)cccc2F)=NC1)C(=O)OC(C)(C)C. The Labute approximate surface area is 183 Å². The van der Waals surface area contributed by atoms with Crippen molar-refractivity contribution in [2.45, 2.75) is 33.3 Å². The summed E-state index contributed by atoms with van der Waals surface area (Å²) in [5.41, 5.74) is 2.57. The van der Waals surface area contributed by atoms with Gasteiger partial charge in [-0.1, -0.05) is 29.8 Å². The number of aliphatic imine (C=N–C) groups is 2. The number of hydrazone groups is 1. The van der Waals surface area contributed by atoms with Gasteiger partial charge in [0, 0.05) is 5.56 Å². The van der Waals surface area contributed by atoms with Crippen LogP contribution in [0.1, 0.15) is 38.8 Å². The Balaban J connectivity index is 1.98. The largest absolute Gasteiger partial charge is 0.455 e. The first-order chi connectivity index (χ1) is 14.6. The quantitative estimate of drug-likeness (QED) is 0.418. The Morgan fingerprint density at radius 3 is 2.45 bits per heavy atom. The maximum Gasteiger partial charge on any atom is 0.354 e. The number of amidine groups is 1. The third-order valence-electron chi connectivity index (χ3n) is 4.12. The van der Waals surface area contributed by atoms with E-state index in [-0.39, 0.29) is 40.1 Å². The first-order valence-corrected chi connectivity index (χ1v) is 9.83. The second-order valence-electron chi connectivity index (χ2n) is 7.77. The van der Waals surface area contributed by atoms with Gasteiger partial charge in [-0.05, 0) is 45.9 Å². The van der Waals surface area contributed by atoms with Gasteiger partial charge in [-0.3, -0.25) is 10.4 Å². The van der Waals surface area contributed by atoms with Crippen molar-refractivity contribution in [2.24, 2.45) is 15.1 Å². The highest BCUT2D eigenvalue weighted by molar-refractivity contribution is 6.36. The Morgan fingerprint density at radius 2 is 1.81 bits per heavy atom. The summed E-state index contributed by atoms with van der Waals surface area (Å²) in [6, 6.07) is 8.48. The predicted molar refractivity (Wildman–Crippen MR) is 118 cm³/mol. The van der Waals surface area contributed by atoms with Crippen molar-refractivity contribution in [3.63, 3.8) is 0 Å². The summed E-state index contributed by atoms with van der Waals surface area (Å²) in [5, 5.41) is 4.28. The van der Waals surface area contributed by atoms with E-state index >= 15 is 0 Å². The van der Waals surface area contributed by atoms with E-state index in [1.54, 1.807) is 39.0 Å². The standard InChI is InChI=1S/C22H21ClF2N4O2/c1-12(21(30)31-22(2,3)4)28-29-17-11-26-20(18-15(24)9-6-10-16(18)25)13-7-5-8-14(23)19(13)27-17/h5-10H,11H2,1-4H3,(H,27,29). The Kier molecular flexibility index (Phi) is 6.50. The van der Waals surface area contributed by atoms with Gasteiger partial charge < -0.3 is 4.74 Å². The van der Waals surface area contributed by atoms with E-state index in [4.69, 9.17) is 16.3 Å². The van der Waals surface area contributed by atoms with Crippen LogP contribution >= 0.6 is 11.6 Å². The highest BCUT2D eigenvalue weighted by atomic mass is 35.5. The van der Waals surface area contributed by atoms with Gasteiger partial charge in [0.1, 0.15) is 28.8 Å². The van der Waals surface area contributed by atoms with Gasteiger partial charge in [0.25, 0.3) is 0 Å². The summed E-state index contributed by atoms with van der Waals surface area (Å²) in [5.74, 6) is -1.85. The molecule has 9 heteroatoms. The first-order valence-electron chi connectivity index (χ1n) is 9.46. The van der Waals surface area contributed by atoms with Crippen molar-refractivity contribution >= 4 is 40.5 Å². The van der Waals surface area contributed by atoms with Crippen LogP contribution in [-0.4, -0.2) is 35.4 Å². The normalized spacial score (nSPS) is 14.2. The minimum absolute atomic E-state index is 0.0702. The van der Waals surface area contributed by atoms with Gasteiger partial charge in [0.15, 0.2) is 0 Å². The van der Waals surface area contributed by atoms with E-state index in [1.807, 2.05) is 0 Å². The highest BCUT2D eigenvalue weighted by Crippen LogP contribution is 2.33. The Bertz CT molecular complexity index is 1100. The maximum absolute atomic E-state index is 14.5. The molecule has 0 radical (unpaired) electrons. The summed E-state index contributed by atoms with van der Waals surface area (Å²) in [7, 11) is 0. The van der Waals surface area contributed by atoms with E-state index in [0.29, 0.717) is 5.56 Å². The molecule has 1 N–H and O–H groups in total. The van der Waals surface area contributed by atoms with Crippen molar-refractivity contribution in [1.82, 2.24) is 5.43 Å². The molecule has 0 saturated heterocycles. The number of hydrogen-bond donors (Lipinski definition) is 1. The minimum atomic E-state index is -0.750. The third kappa shape index (κ3) is 5.32. The molecule has 2 aromatic rings. The van der Waals surface area contributed by atoms with Crippen molar-refractivity contribution in [3.8, 4) is 0 Å². The van der Waals surface area contributed by atoms with Crippen LogP contribution in [0.4, 0.5) is 14.5 Å². The summed E-state index contributed by atoms with van der Waals surface area (Å²) in [6.45, 7) is 6.66. The van der Waals surface area contributed by atoms with Crippen molar-refractivity contribution in [1.29, 1.82) is 0 Å². The average molecular weight is 447 g/mol. The second-order valence-corrected chi connectivity index (χ2v) is 8.17. The molecule has 31 heavy (non-hydrogen) atoms. The number of fused-ring (bicyclic) bond motifs is 1. The summed E-state index contributed by atoms with van der Waals surface area (Å²) < 4.78 is 34.2. The van der Waals surface area contributed by atoms with Crippen LogP contribution in [0.2, 0.25) is 5.02 Å². The fourth-order valence-electron chi connectivity index (χ4n) is 2.77. The van der Waals surface area contributed by atoms with E-state index < -0.39 is 23.2 Å². The smallest absolute Gasteiger partial charge is 0.354 e. The molecule has 3 rings (SSSR count). The van der Waals surface area contributed by atoms with Crippen molar-refractivity contribution in [3.05, 3.63) is 64.2 Å². The van der Waals surface area contributed by atoms with E-state index in [1.165, 1.54) is 13.0 Å². The molecule has 162 valence electrons.